The minimum atomic E-state index is -0.176. The molecule has 0 aromatic heterocycles. The first-order valence-corrected chi connectivity index (χ1v) is 6.88. The molecule has 2 atom stereocenters. The third-order valence-corrected chi connectivity index (χ3v) is 3.58. The number of Topliss-reactive ketones (excluding diaryl/α,β-unsaturated/α-hetero) is 1. The average Bonchev–Trinajstić information content (AvgIpc) is 2.53. The molecule has 1 heteroatoms. The quantitative estimate of drug-likeness (QED) is 0.579. The molecule has 0 N–H and O–H groups in total. The highest BCUT2D eigenvalue weighted by Crippen LogP contribution is 2.29. The van der Waals surface area contributed by atoms with E-state index in [1.54, 1.807) is 0 Å². The van der Waals surface area contributed by atoms with Crippen LogP contribution in [0.2, 0.25) is 0 Å². The zero-order chi connectivity index (χ0) is 14.4. The van der Waals surface area contributed by atoms with Gasteiger partial charge in [-0.15, -0.1) is 6.42 Å². The van der Waals surface area contributed by atoms with E-state index in [0.717, 1.165) is 17.5 Å². The van der Waals surface area contributed by atoms with Crippen LogP contribution in [0.3, 0.4) is 0 Å². The van der Waals surface area contributed by atoms with Gasteiger partial charge in [-0.1, -0.05) is 73.5 Å². The van der Waals surface area contributed by atoms with Crippen LogP contribution in [0.15, 0.2) is 60.7 Å². The van der Waals surface area contributed by atoms with Crippen molar-refractivity contribution in [1.29, 1.82) is 0 Å². The first-order chi connectivity index (χ1) is 9.77. The summed E-state index contributed by atoms with van der Waals surface area (Å²) in [7, 11) is 0. The Bertz CT molecular complexity index is 593. The average molecular weight is 262 g/mol. The van der Waals surface area contributed by atoms with E-state index in [1.165, 1.54) is 0 Å². The minimum absolute atomic E-state index is 0.125. The monoisotopic (exact) mass is 262 g/mol. The summed E-state index contributed by atoms with van der Waals surface area (Å²) in [4.78, 5) is 12.7. The second-order valence-electron chi connectivity index (χ2n) is 4.80. The number of rotatable bonds is 5. The molecule has 0 amide bonds. The third kappa shape index (κ3) is 2.97. The molecule has 0 bridgehead atoms. The number of hydrogen-bond acceptors (Lipinski definition) is 1. The summed E-state index contributed by atoms with van der Waals surface area (Å²) in [6, 6.07) is 19.2. The van der Waals surface area contributed by atoms with E-state index in [-0.39, 0.29) is 17.6 Å². The molecule has 0 radical (unpaired) electrons. The van der Waals surface area contributed by atoms with Gasteiger partial charge in [-0.05, 0) is 12.0 Å². The van der Waals surface area contributed by atoms with Gasteiger partial charge in [-0.3, -0.25) is 4.79 Å². The maximum Gasteiger partial charge on any atom is 0.167 e. The van der Waals surface area contributed by atoms with Crippen molar-refractivity contribution in [3.63, 3.8) is 0 Å². The second kappa shape index (κ2) is 6.73. The van der Waals surface area contributed by atoms with Gasteiger partial charge in [-0.25, -0.2) is 0 Å². The Labute approximate surface area is 120 Å². The fourth-order valence-corrected chi connectivity index (χ4v) is 2.49. The molecule has 2 aromatic rings. The van der Waals surface area contributed by atoms with Crippen molar-refractivity contribution in [2.45, 2.75) is 19.3 Å². The zero-order valence-electron chi connectivity index (χ0n) is 11.6. The Morgan fingerprint density at radius 2 is 1.60 bits per heavy atom. The standard InChI is InChI=1S/C19H18O/c1-3-17(15-11-7-5-8-12-15)18(4-2)19(20)16-13-9-6-10-14-16/h1,5-14,17-18H,4H2,2H3/t17-,18+/m1/s1. The normalized spacial score (nSPS) is 13.2. The highest BCUT2D eigenvalue weighted by atomic mass is 16.1. The van der Waals surface area contributed by atoms with Crippen LogP contribution in [0.25, 0.3) is 0 Å². The van der Waals surface area contributed by atoms with Gasteiger partial charge in [0.05, 0.1) is 5.92 Å². The van der Waals surface area contributed by atoms with E-state index in [4.69, 9.17) is 6.42 Å². The lowest BCUT2D eigenvalue weighted by molar-refractivity contribution is 0.0908. The summed E-state index contributed by atoms with van der Waals surface area (Å²) >= 11 is 0. The smallest absolute Gasteiger partial charge is 0.167 e. The highest BCUT2D eigenvalue weighted by molar-refractivity contribution is 5.98. The molecule has 0 fully saturated rings. The first kappa shape index (κ1) is 14.1. The molecule has 0 aliphatic heterocycles. The lowest BCUT2D eigenvalue weighted by Gasteiger charge is -2.21. The number of terminal acetylenes is 1. The van der Waals surface area contributed by atoms with E-state index in [9.17, 15) is 4.79 Å². The lowest BCUT2D eigenvalue weighted by Crippen LogP contribution is -2.21. The van der Waals surface area contributed by atoms with Gasteiger partial charge in [-0.2, -0.15) is 0 Å². The largest absolute Gasteiger partial charge is 0.294 e. The molecule has 1 nitrogen and oxygen atoms in total. The van der Waals surface area contributed by atoms with Crippen LogP contribution in [0.4, 0.5) is 0 Å². The number of ketones is 1. The van der Waals surface area contributed by atoms with E-state index in [0.29, 0.717) is 0 Å². The van der Waals surface area contributed by atoms with E-state index < -0.39 is 0 Å². The fraction of sp³-hybridized carbons (Fsp3) is 0.211. The van der Waals surface area contributed by atoms with Crippen LogP contribution in [0.1, 0.15) is 35.2 Å². The molecule has 2 rings (SSSR count). The van der Waals surface area contributed by atoms with Gasteiger partial charge in [0.25, 0.3) is 0 Å². The van der Waals surface area contributed by atoms with Crippen molar-refractivity contribution >= 4 is 5.78 Å². The minimum Gasteiger partial charge on any atom is -0.294 e. The van der Waals surface area contributed by atoms with Gasteiger partial charge in [0.15, 0.2) is 5.78 Å². The maximum atomic E-state index is 12.7. The number of benzene rings is 2. The Hall–Kier alpha value is -2.33. The van der Waals surface area contributed by atoms with Crippen molar-refractivity contribution in [1.82, 2.24) is 0 Å². The predicted octanol–water partition coefficient (Wildman–Crippen LogP) is 4.31. The van der Waals surface area contributed by atoms with E-state index in [1.807, 2.05) is 67.6 Å². The highest BCUT2D eigenvalue weighted by Gasteiger charge is 2.27. The predicted molar refractivity (Wildman–Crippen MR) is 82.6 cm³/mol. The van der Waals surface area contributed by atoms with Gasteiger partial charge in [0, 0.05) is 11.5 Å². The Kier molecular flexibility index (Phi) is 4.74. The van der Waals surface area contributed by atoms with Crippen molar-refractivity contribution in [3.8, 4) is 12.3 Å². The summed E-state index contributed by atoms with van der Waals surface area (Å²) < 4.78 is 0. The zero-order valence-corrected chi connectivity index (χ0v) is 11.6. The van der Waals surface area contributed by atoms with Gasteiger partial charge < -0.3 is 0 Å². The molecule has 0 heterocycles. The molecule has 20 heavy (non-hydrogen) atoms. The molecule has 100 valence electrons. The van der Waals surface area contributed by atoms with Gasteiger partial charge >= 0.3 is 0 Å². The summed E-state index contributed by atoms with van der Waals surface area (Å²) in [6.07, 6.45) is 6.43. The van der Waals surface area contributed by atoms with Crippen LogP contribution >= 0.6 is 0 Å². The molecule has 0 unspecified atom stereocenters. The van der Waals surface area contributed by atoms with Crippen molar-refractivity contribution in [2.75, 3.05) is 0 Å². The van der Waals surface area contributed by atoms with Crippen molar-refractivity contribution in [2.24, 2.45) is 5.92 Å². The fourth-order valence-electron chi connectivity index (χ4n) is 2.49. The van der Waals surface area contributed by atoms with E-state index in [2.05, 4.69) is 5.92 Å². The molecule has 0 saturated heterocycles. The van der Waals surface area contributed by atoms with Crippen LogP contribution in [0.5, 0.6) is 0 Å². The SMILES string of the molecule is C#C[C@H](c1ccccc1)[C@H](CC)C(=O)c1ccccc1. The van der Waals surface area contributed by atoms with Crippen LogP contribution < -0.4 is 0 Å². The van der Waals surface area contributed by atoms with Crippen molar-refractivity contribution in [3.05, 3.63) is 71.8 Å². The first-order valence-electron chi connectivity index (χ1n) is 6.88. The van der Waals surface area contributed by atoms with Crippen LogP contribution in [-0.4, -0.2) is 5.78 Å². The Morgan fingerprint density at radius 1 is 1.05 bits per heavy atom. The number of carbonyl (C=O) groups excluding carboxylic acids is 1. The lowest BCUT2D eigenvalue weighted by atomic mass is 9.80. The summed E-state index contributed by atoms with van der Waals surface area (Å²) in [5.41, 5.74) is 1.77. The summed E-state index contributed by atoms with van der Waals surface area (Å²) in [6.45, 7) is 2.01. The molecular weight excluding hydrogens is 244 g/mol. The molecule has 0 aliphatic rings. The topological polar surface area (TPSA) is 17.1 Å². The van der Waals surface area contributed by atoms with Gasteiger partial charge in [0.1, 0.15) is 0 Å². The third-order valence-electron chi connectivity index (χ3n) is 3.58. The van der Waals surface area contributed by atoms with Gasteiger partial charge in [0.2, 0.25) is 0 Å². The van der Waals surface area contributed by atoms with Crippen molar-refractivity contribution < 1.29 is 4.79 Å². The molecule has 0 spiro atoms. The Balaban J connectivity index is 2.32. The molecule has 2 aromatic carbocycles. The molecular formula is C19H18O. The van der Waals surface area contributed by atoms with Crippen LogP contribution in [0, 0.1) is 18.3 Å². The van der Waals surface area contributed by atoms with Crippen LogP contribution in [-0.2, 0) is 0 Å². The Morgan fingerprint density at radius 3 is 2.10 bits per heavy atom. The number of hydrogen-bond donors (Lipinski definition) is 0. The van der Waals surface area contributed by atoms with E-state index >= 15 is 0 Å². The number of carbonyl (C=O) groups is 1. The summed E-state index contributed by atoms with van der Waals surface area (Å²) in [5.74, 6) is 2.58. The second-order valence-corrected chi connectivity index (χ2v) is 4.80. The summed E-state index contributed by atoms with van der Waals surface area (Å²) in [5, 5.41) is 0. The molecule has 0 saturated carbocycles. The maximum absolute atomic E-state index is 12.7. The molecule has 0 aliphatic carbocycles.